The Kier molecular flexibility index (Phi) is 4.52. The van der Waals surface area contributed by atoms with Crippen LogP contribution < -0.4 is 16.4 Å². The minimum absolute atomic E-state index is 0.206. The maximum atomic E-state index is 14.9. The van der Waals surface area contributed by atoms with E-state index in [4.69, 9.17) is 5.73 Å². The number of anilines is 2. The Hall–Kier alpha value is -3.42. The Bertz CT molecular complexity index is 1090. The molecule has 0 unspecified atom stereocenters. The molecule has 2 atom stereocenters. The van der Waals surface area contributed by atoms with Gasteiger partial charge in [-0.3, -0.25) is 0 Å². The van der Waals surface area contributed by atoms with E-state index >= 15 is 0 Å². The van der Waals surface area contributed by atoms with Crippen molar-refractivity contribution in [2.24, 2.45) is 5.92 Å². The summed E-state index contributed by atoms with van der Waals surface area (Å²) in [6.45, 7) is 0. The molecule has 2 heterocycles. The minimum atomic E-state index is -5.05. The van der Waals surface area contributed by atoms with Gasteiger partial charge in [-0.1, -0.05) is 11.8 Å². The van der Waals surface area contributed by atoms with Crippen molar-refractivity contribution in [3.63, 3.8) is 0 Å². The molecule has 11 heteroatoms. The van der Waals surface area contributed by atoms with Crippen molar-refractivity contribution >= 4 is 17.7 Å². The molecule has 1 saturated carbocycles. The molecule has 0 saturated heterocycles. The lowest BCUT2D eigenvalue weighted by atomic mass is 9.85. The average molecular weight is 423 g/mol. The quantitative estimate of drug-likeness (QED) is 0.509. The first kappa shape index (κ1) is 19.9. The second kappa shape index (κ2) is 6.83. The van der Waals surface area contributed by atoms with Crippen molar-refractivity contribution in [2.45, 2.75) is 30.7 Å². The molecule has 2 aliphatic rings. The second-order valence-corrected chi connectivity index (χ2v) is 6.99. The first-order valence-corrected chi connectivity index (χ1v) is 8.86. The first-order valence-electron chi connectivity index (χ1n) is 8.86. The highest BCUT2D eigenvalue weighted by Gasteiger charge is 2.59. The SMILES string of the molecule is Nc1nccc([C@@H](F)c2cc3c(cc2F)[C@@](C#CC2CC2)(C(F)(F)F)NC(=O)N3)n1. The van der Waals surface area contributed by atoms with Crippen molar-refractivity contribution in [1.82, 2.24) is 15.3 Å². The number of alkyl halides is 4. The summed E-state index contributed by atoms with van der Waals surface area (Å²) in [6.07, 6.45) is -4.73. The van der Waals surface area contributed by atoms with E-state index in [2.05, 4.69) is 27.1 Å². The second-order valence-electron chi connectivity index (χ2n) is 6.99. The van der Waals surface area contributed by atoms with Crippen molar-refractivity contribution in [3.8, 4) is 11.8 Å². The number of carbonyl (C=O) groups excluding carboxylic acids is 1. The number of nitrogens with two attached hydrogens (primary N) is 1. The molecule has 2 amide bonds. The van der Waals surface area contributed by atoms with Gasteiger partial charge < -0.3 is 16.4 Å². The molecule has 4 N–H and O–H groups in total. The molecule has 1 aliphatic heterocycles. The molecule has 1 aliphatic carbocycles. The van der Waals surface area contributed by atoms with Crippen LogP contribution in [0.15, 0.2) is 24.4 Å². The number of hydrogen-bond donors (Lipinski definition) is 3. The number of fused-ring (bicyclic) bond motifs is 1. The van der Waals surface area contributed by atoms with Gasteiger partial charge in [0.1, 0.15) is 5.82 Å². The van der Waals surface area contributed by atoms with Crippen LogP contribution in [-0.2, 0) is 5.54 Å². The van der Waals surface area contributed by atoms with Crippen LogP contribution in [0, 0.1) is 23.6 Å². The molecule has 4 rings (SSSR count). The fourth-order valence-corrected chi connectivity index (χ4v) is 3.11. The summed E-state index contributed by atoms with van der Waals surface area (Å²) in [5.41, 5.74) is 0.340. The first-order chi connectivity index (χ1) is 14.1. The van der Waals surface area contributed by atoms with Gasteiger partial charge in [-0.05, 0) is 31.0 Å². The molecule has 30 heavy (non-hydrogen) atoms. The summed E-state index contributed by atoms with van der Waals surface area (Å²) in [4.78, 5) is 19.3. The van der Waals surface area contributed by atoms with Gasteiger partial charge in [0.25, 0.3) is 0 Å². The summed E-state index contributed by atoms with van der Waals surface area (Å²) in [5, 5.41) is 3.94. The third-order valence-corrected chi connectivity index (χ3v) is 4.78. The normalized spacial score (nSPS) is 21.6. The molecular weight excluding hydrogens is 409 g/mol. The van der Waals surface area contributed by atoms with Crippen LogP contribution in [0.3, 0.4) is 0 Å². The van der Waals surface area contributed by atoms with E-state index in [1.807, 2.05) is 0 Å². The number of nitrogens with zero attached hydrogens (tertiary/aromatic N) is 2. The molecule has 1 aromatic carbocycles. The highest BCUT2D eigenvalue weighted by molar-refractivity contribution is 5.95. The highest BCUT2D eigenvalue weighted by atomic mass is 19.4. The third-order valence-electron chi connectivity index (χ3n) is 4.78. The smallest absolute Gasteiger partial charge is 0.368 e. The zero-order valence-electron chi connectivity index (χ0n) is 15.1. The summed E-state index contributed by atoms with van der Waals surface area (Å²) >= 11 is 0. The fourth-order valence-electron chi connectivity index (χ4n) is 3.11. The third kappa shape index (κ3) is 3.38. The summed E-state index contributed by atoms with van der Waals surface area (Å²) in [5.74, 6) is 2.87. The van der Waals surface area contributed by atoms with E-state index in [9.17, 15) is 26.7 Å². The lowest BCUT2D eigenvalue weighted by molar-refractivity contribution is -0.178. The molecule has 0 radical (unpaired) electrons. The Labute approximate surface area is 167 Å². The van der Waals surface area contributed by atoms with E-state index in [0.717, 1.165) is 18.3 Å². The van der Waals surface area contributed by atoms with Gasteiger partial charge in [-0.25, -0.2) is 23.5 Å². The molecule has 6 nitrogen and oxygen atoms in total. The van der Waals surface area contributed by atoms with Crippen LogP contribution in [0.4, 0.5) is 38.4 Å². The summed E-state index contributed by atoms with van der Waals surface area (Å²) in [7, 11) is 0. The summed E-state index contributed by atoms with van der Waals surface area (Å²) in [6, 6.07) is 1.31. The number of hydrogen-bond acceptors (Lipinski definition) is 4. The topological polar surface area (TPSA) is 92.9 Å². The van der Waals surface area contributed by atoms with E-state index in [1.54, 1.807) is 5.32 Å². The van der Waals surface area contributed by atoms with Gasteiger partial charge in [0.2, 0.25) is 11.5 Å². The van der Waals surface area contributed by atoms with Crippen molar-refractivity contribution in [3.05, 3.63) is 47.0 Å². The van der Waals surface area contributed by atoms with Crippen molar-refractivity contribution in [1.29, 1.82) is 0 Å². The van der Waals surface area contributed by atoms with Gasteiger partial charge >= 0.3 is 12.2 Å². The highest BCUT2D eigenvalue weighted by Crippen LogP contribution is 2.46. The van der Waals surface area contributed by atoms with E-state index in [1.165, 1.54) is 0 Å². The molecule has 156 valence electrons. The van der Waals surface area contributed by atoms with E-state index in [0.29, 0.717) is 18.9 Å². The number of amides is 2. The largest absolute Gasteiger partial charge is 0.427 e. The van der Waals surface area contributed by atoms with Gasteiger partial charge in [-0.15, -0.1) is 0 Å². The van der Waals surface area contributed by atoms with Crippen LogP contribution in [0.25, 0.3) is 0 Å². The predicted octanol–water partition coefficient (Wildman–Crippen LogP) is 3.56. The molecule has 1 fully saturated rings. The number of carbonyl (C=O) groups is 1. The zero-order valence-corrected chi connectivity index (χ0v) is 15.1. The van der Waals surface area contributed by atoms with Crippen LogP contribution in [0.5, 0.6) is 0 Å². The predicted molar refractivity (Wildman–Crippen MR) is 96.2 cm³/mol. The number of halogens is 5. The van der Waals surface area contributed by atoms with Crippen LogP contribution in [0.2, 0.25) is 0 Å². The van der Waals surface area contributed by atoms with Crippen LogP contribution in [-0.4, -0.2) is 22.2 Å². The number of benzene rings is 1. The number of nitrogen functional groups attached to an aromatic ring is 1. The molecule has 0 spiro atoms. The number of aromatic nitrogens is 2. The molecule has 2 aromatic rings. The molecule has 1 aromatic heterocycles. The number of urea groups is 1. The zero-order chi connectivity index (χ0) is 21.7. The van der Waals surface area contributed by atoms with Gasteiger partial charge in [0.05, 0.1) is 5.69 Å². The standard InChI is InChI=1S/C19H14F5N5O/c20-12-8-11-14(7-10(12)15(21)13-4-6-26-16(25)27-13)28-17(30)29-18(11,19(22,23)24)5-3-9-1-2-9/h4,6-9,15H,1-2H2,(H2,25,26,27)(H2,28,29,30)/t15-,18-/m0/s1. The van der Waals surface area contributed by atoms with Gasteiger partial charge in [0, 0.05) is 28.9 Å². The Morgan fingerprint density at radius 2 is 2.03 bits per heavy atom. The van der Waals surface area contributed by atoms with Crippen LogP contribution >= 0.6 is 0 Å². The lowest BCUT2D eigenvalue weighted by Gasteiger charge is -2.37. The monoisotopic (exact) mass is 423 g/mol. The van der Waals surface area contributed by atoms with E-state index in [-0.39, 0.29) is 17.6 Å². The maximum absolute atomic E-state index is 14.9. The fraction of sp³-hybridized carbons (Fsp3) is 0.316. The van der Waals surface area contributed by atoms with Crippen LogP contribution in [0.1, 0.15) is 35.8 Å². The summed E-state index contributed by atoms with van der Waals surface area (Å²) < 4.78 is 71.8. The van der Waals surface area contributed by atoms with Gasteiger partial charge in [-0.2, -0.15) is 13.2 Å². The lowest BCUT2D eigenvalue weighted by Crippen LogP contribution is -2.59. The Morgan fingerprint density at radius 3 is 2.67 bits per heavy atom. The minimum Gasteiger partial charge on any atom is -0.368 e. The van der Waals surface area contributed by atoms with Gasteiger partial charge in [0.15, 0.2) is 6.17 Å². The number of rotatable bonds is 2. The molecule has 0 bridgehead atoms. The number of nitrogens with one attached hydrogen (secondary N) is 2. The van der Waals surface area contributed by atoms with Crippen molar-refractivity contribution in [2.75, 3.05) is 11.1 Å². The van der Waals surface area contributed by atoms with Crippen molar-refractivity contribution < 1.29 is 26.7 Å². The Balaban J connectivity index is 1.86. The average Bonchev–Trinajstić information content (AvgIpc) is 3.49. The molecular formula is C19H14F5N5O. The van der Waals surface area contributed by atoms with E-state index < -0.39 is 46.5 Å². The Morgan fingerprint density at radius 1 is 1.30 bits per heavy atom. The maximum Gasteiger partial charge on any atom is 0.427 e.